The SMILES string of the molecule is NC(N)=NCCC[C@@H](N)C(=O)N1CCC[C@@H]1C(=O)O. The summed E-state index contributed by atoms with van der Waals surface area (Å²) in [4.78, 5) is 28.2. The van der Waals surface area contributed by atoms with Crippen molar-refractivity contribution < 1.29 is 14.7 Å². The van der Waals surface area contributed by atoms with Crippen LogP contribution in [0.2, 0.25) is 0 Å². The topological polar surface area (TPSA) is 148 Å². The fraction of sp³-hybridized carbons (Fsp3) is 0.727. The van der Waals surface area contributed by atoms with Gasteiger partial charge in [-0.25, -0.2) is 4.79 Å². The molecule has 0 spiro atoms. The van der Waals surface area contributed by atoms with Crippen LogP contribution in [-0.4, -0.2) is 53.0 Å². The number of hydrogen-bond donors (Lipinski definition) is 4. The summed E-state index contributed by atoms with van der Waals surface area (Å²) in [5.41, 5.74) is 16.1. The van der Waals surface area contributed by atoms with Crippen LogP contribution in [0, 0.1) is 0 Å². The maximum absolute atomic E-state index is 12.0. The van der Waals surface area contributed by atoms with Crippen molar-refractivity contribution in [2.24, 2.45) is 22.2 Å². The lowest BCUT2D eigenvalue weighted by Crippen LogP contribution is -2.48. The van der Waals surface area contributed by atoms with Crippen molar-refractivity contribution in [1.82, 2.24) is 4.90 Å². The summed E-state index contributed by atoms with van der Waals surface area (Å²) in [6.45, 7) is 0.864. The van der Waals surface area contributed by atoms with Gasteiger partial charge in [0.25, 0.3) is 0 Å². The third-order valence-electron chi connectivity index (χ3n) is 3.11. The van der Waals surface area contributed by atoms with Crippen molar-refractivity contribution in [1.29, 1.82) is 0 Å². The van der Waals surface area contributed by atoms with E-state index in [1.54, 1.807) is 0 Å². The number of carbonyl (C=O) groups excluding carboxylic acids is 1. The van der Waals surface area contributed by atoms with E-state index in [4.69, 9.17) is 22.3 Å². The Morgan fingerprint density at radius 3 is 2.68 bits per heavy atom. The maximum atomic E-state index is 12.0. The zero-order valence-corrected chi connectivity index (χ0v) is 10.8. The third kappa shape index (κ3) is 4.40. The highest BCUT2D eigenvalue weighted by molar-refractivity contribution is 5.87. The minimum absolute atomic E-state index is 0.00498. The Bertz CT molecular complexity index is 367. The van der Waals surface area contributed by atoms with E-state index in [1.165, 1.54) is 4.90 Å². The van der Waals surface area contributed by atoms with Crippen LogP contribution < -0.4 is 17.2 Å². The number of likely N-dealkylation sites (tertiary alicyclic amines) is 1. The second-order valence-electron chi connectivity index (χ2n) is 4.58. The van der Waals surface area contributed by atoms with Gasteiger partial charge < -0.3 is 27.2 Å². The highest BCUT2D eigenvalue weighted by atomic mass is 16.4. The minimum Gasteiger partial charge on any atom is -0.480 e. The zero-order chi connectivity index (χ0) is 14.4. The van der Waals surface area contributed by atoms with E-state index in [0.717, 1.165) is 0 Å². The van der Waals surface area contributed by atoms with Crippen LogP contribution in [0.1, 0.15) is 25.7 Å². The van der Waals surface area contributed by atoms with Crippen LogP contribution in [0.15, 0.2) is 4.99 Å². The molecule has 1 rings (SSSR count). The van der Waals surface area contributed by atoms with Crippen molar-refractivity contribution in [3.05, 3.63) is 0 Å². The van der Waals surface area contributed by atoms with Gasteiger partial charge >= 0.3 is 5.97 Å². The number of carbonyl (C=O) groups is 2. The van der Waals surface area contributed by atoms with Gasteiger partial charge in [-0.05, 0) is 25.7 Å². The standard InChI is InChI=1S/C11H21N5O3/c12-7(3-1-5-15-11(13)14)9(17)16-6-2-4-8(16)10(18)19/h7-8H,1-6,12H2,(H,18,19)(H4,13,14,15)/t7-,8-/m1/s1. The molecule has 0 saturated carbocycles. The van der Waals surface area contributed by atoms with Crippen LogP contribution in [-0.2, 0) is 9.59 Å². The molecule has 0 bridgehead atoms. The number of rotatable bonds is 6. The number of carboxylic acids is 1. The van der Waals surface area contributed by atoms with Crippen molar-refractivity contribution in [2.75, 3.05) is 13.1 Å². The molecule has 19 heavy (non-hydrogen) atoms. The number of nitrogens with two attached hydrogens (primary N) is 3. The van der Waals surface area contributed by atoms with Gasteiger partial charge in [0.2, 0.25) is 5.91 Å². The second-order valence-corrected chi connectivity index (χ2v) is 4.58. The number of nitrogens with zero attached hydrogens (tertiary/aromatic N) is 2. The van der Waals surface area contributed by atoms with Crippen molar-refractivity contribution in [3.8, 4) is 0 Å². The first-order chi connectivity index (χ1) is 8.93. The number of carboxylic acid groups (broad SMARTS) is 1. The third-order valence-corrected chi connectivity index (χ3v) is 3.11. The normalized spacial score (nSPS) is 20.1. The fourth-order valence-electron chi connectivity index (χ4n) is 2.14. The minimum atomic E-state index is -0.974. The quantitative estimate of drug-likeness (QED) is 0.261. The Morgan fingerprint density at radius 1 is 1.42 bits per heavy atom. The first kappa shape index (κ1) is 15.2. The number of aliphatic imine (C=N–C) groups is 1. The average Bonchev–Trinajstić information content (AvgIpc) is 2.82. The predicted octanol–water partition coefficient (Wildman–Crippen LogP) is -1.56. The molecule has 1 aliphatic rings. The molecule has 8 nitrogen and oxygen atoms in total. The van der Waals surface area contributed by atoms with Crippen molar-refractivity contribution >= 4 is 17.8 Å². The van der Waals surface area contributed by atoms with Crippen LogP contribution in [0.4, 0.5) is 0 Å². The summed E-state index contributed by atoms with van der Waals surface area (Å²) in [6, 6.07) is -1.44. The van der Waals surface area contributed by atoms with E-state index in [9.17, 15) is 9.59 Å². The van der Waals surface area contributed by atoms with E-state index in [0.29, 0.717) is 38.8 Å². The Hall–Kier alpha value is -1.83. The Morgan fingerprint density at radius 2 is 2.11 bits per heavy atom. The van der Waals surface area contributed by atoms with E-state index >= 15 is 0 Å². The Kier molecular flexibility index (Phi) is 5.56. The summed E-state index contributed by atoms with van der Waals surface area (Å²) >= 11 is 0. The zero-order valence-electron chi connectivity index (χ0n) is 10.8. The summed E-state index contributed by atoms with van der Waals surface area (Å²) in [6.07, 6.45) is 2.19. The smallest absolute Gasteiger partial charge is 0.326 e. The van der Waals surface area contributed by atoms with Crippen molar-refractivity contribution in [3.63, 3.8) is 0 Å². The molecule has 8 heteroatoms. The number of amides is 1. The monoisotopic (exact) mass is 271 g/mol. The molecule has 2 atom stereocenters. The lowest BCUT2D eigenvalue weighted by molar-refractivity contribution is -0.148. The molecule has 0 aromatic carbocycles. The van der Waals surface area contributed by atoms with Crippen molar-refractivity contribution in [2.45, 2.75) is 37.8 Å². The molecule has 0 aliphatic carbocycles. The fourth-order valence-corrected chi connectivity index (χ4v) is 2.14. The van der Waals surface area contributed by atoms with Gasteiger partial charge in [0.05, 0.1) is 6.04 Å². The molecule has 0 aromatic rings. The molecule has 0 aromatic heterocycles. The summed E-state index contributed by atoms with van der Waals surface area (Å²) in [7, 11) is 0. The average molecular weight is 271 g/mol. The van der Waals surface area contributed by atoms with Gasteiger partial charge in [-0.1, -0.05) is 0 Å². The molecule has 108 valence electrons. The van der Waals surface area contributed by atoms with Gasteiger partial charge in [0.15, 0.2) is 5.96 Å². The van der Waals surface area contributed by atoms with Crippen LogP contribution in [0.5, 0.6) is 0 Å². The Balaban J connectivity index is 2.43. The molecule has 1 amide bonds. The first-order valence-electron chi connectivity index (χ1n) is 6.27. The lowest BCUT2D eigenvalue weighted by atomic mass is 10.1. The molecule has 7 N–H and O–H groups in total. The van der Waals surface area contributed by atoms with Crippen LogP contribution >= 0.6 is 0 Å². The van der Waals surface area contributed by atoms with E-state index in [1.807, 2.05) is 0 Å². The largest absolute Gasteiger partial charge is 0.480 e. The molecule has 0 radical (unpaired) electrons. The van der Waals surface area contributed by atoms with E-state index in [-0.39, 0.29) is 11.9 Å². The molecule has 1 aliphatic heterocycles. The first-order valence-corrected chi connectivity index (χ1v) is 6.27. The number of hydrogen-bond acceptors (Lipinski definition) is 4. The highest BCUT2D eigenvalue weighted by Crippen LogP contribution is 2.18. The van der Waals surface area contributed by atoms with Gasteiger partial charge in [-0.3, -0.25) is 9.79 Å². The van der Waals surface area contributed by atoms with E-state index in [2.05, 4.69) is 4.99 Å². The maximum Gasteiger partial charge on any atom is 0.326 e. The number of guanidine groups is 1. The van der Waals surface area contributed by atoms with Gasteiger partial charge in [0.1, 0.15) is 6.04 Å². The predicted molar refractivity (Wildman–Crippen MR) is 70.3 cm³/mol. The van der Waals surface area contributed by atoms with Gasteiger partial charge in [-0.15, -0.1) is 0 Å². The molecule has 0 unspecified atom stereocenters. The van der Waals surface area contributed by atoms with Gasteiger partial charge in [0, 0.05) is 13.1 Å². The molecular formula is C11H21N5O3. The lowest BCUT2D eigenvalue weighted by Gasteiger charge is -2.24. The van der Waals surface area contributed by atoms with Crippen LogP contribution in [0.25, 0.3) is 0 Å². The molecule has 1 heterocycles. The van der Waals surface area contributed by atoms with Crippen LogP contribution in [0.3, 0.4) is 0 Å². The molecule has 1 saturated heterocycles. The molecular weight excluding hydrogens is 250 g/mol. The summed E-state index contributed by atoms with van der Waals surface area (Å²) in [5.74, 6) is -1.28. The summed E-state index contributed by atoms with van der Waals surface area (Å²) < 4.78 is 0. The van der Waals surface area contributed by atoms with E-state index < -0.39 is 18.1 Å². The van der Waals surface area contributed by atoms with Gasteiger partial charge in [-0.2, -0.15) is 0 Å². The highest BCUT2D eigenvalue weighted by Gasteiger charge is 2.35. The summed E-state index contributed by atoms with van der Waals surface area (Å²) in [5, 5.41) is 9.01. The second kappa shape index (κ2) is 6.93. The molecule has 1 fully saturated rings. The Labute approximate surface area is 111 Å². The number of aliphatic carboxylic acids is 1.